The number of esters is 1. The van der Waals surface area contributed by atoms with Crippen LogP contribution in [0.5, 0.6) is 0 Å². The maximum atomic E-state index is 11.4. The van der Waals surface area contributed by atoms with E-state index in [9.17, 15) is 4.79 Å². The van der Waals surface area contributed by atoms with Crippen molar-refractivity contribution in [3.63, 3.8) is 0 Å². The number of hydrogen-bond donors (Lipinski definition) is 0. The number of oxazole rings is 1. The molecule has 0 bridgehead atoms. The van der Waals surface area contributed by atoms with E-state index in [1.807, 2.05) is 48.5 Å². The Hall–Kier alpha value is -2.62. The number of nitrogens with zero attached hydrogens (tertiary/aromatic N) is 1. The van der Waals surface area contributed by atoms with Gasteiger partial charge in [0.25, 0.3) is 0 Å². The normalized spacial score (nSPS) is 10.7. The zero-order chi connectivity index (χ0) is 13.9. The third-order valence-corrected chi connectivity index (χ3v) is 3.09. The molecule has 0 unspecified atom stereocenters. The molecule has 2 aromatic carbocycles. The number of carbonyl (C=O) groups excluding carboxylic acids is 1. The largest absolute Gasteiger partial charge is 0.469 e. The molecule has 20 heavy (non-hydrogen) atoms. The van der Waals surface area contributed by atoms with Crippen molar-refractivity contribution in [2.75, 3.05) is 7.11 Å². The molecule has 0 radical (unpaired) electrons. The van der Waals surface area contributed by atoms with Crippen molar-refractivity contribution >= 4 is 17.1 Å². The van der Waals surface area contributed by atoms with Gasteiger partial charge in [-0.05, 0) is 23.8 Å². The minimum absolute atomic E-state index is 0.189. The lowest BCUT2D eigenvalue weighted by Gasteiger charge is -1.99. The number of aromatic nitrogens is 1. The van der Waals surface area contributed by atoms with Crippen LogP contribution in [0, 0.1) is 0 Å². The average Bonchev–Trinajstić information content (AvgIpc) is 2.93. The number of hydrogen-bond acceptors (Lipinski definition) is 4. The second-order valence-corrected chi connectivity index (χ2v) is 4.40. The van der Waals surface area contributed by atoms with Gasteiger partial charge < -0.3 is 9.15 Å². The standard InChI is InChI=1S/C16H13NO3/c1-19-14(18)10-12-8-5-9-13-15(12)17-16(20-13)11-6-3-2-4-7-11/h2-9H,10H2,1H3. The van der Waals surface area contributed by atoms with Gasteiger partial charge in [0.05, 0.1) is 13.5 Å². The molecule has 0 amide bonds. The summed E-state index contributed by atoms with van der Waals surface area (Å²) in [5.74, 6) is 0.264. The molecule has 0 aliphatic heterocycles. The first-order valence-corrected chi connectivity index (χ1v) is 6.28. The summed E-state index contributed by atoms with van der Waals surface area (Å²) < 4.78 is 10.4. The summed E-state index contributed by atoms with van der Waals surface area (Å²) in [5, 5.41) is 0. The average molecular weight is 267 g/mol. The summed E-state index contributed by atoms with van der Waals surface area (Å²) >= 11 is 0. The quantitative estimate of drug-likeness (QED) is 0.684. The predicted molar refractivity (Wildman–Crippen MR) is 75.2 cm³/mol. The molecule has 0 aliphatic rings. The number of ether oxygens (including phenoxy) is 1. The first kappa shape index (κ1) is 12.4. The van der Waals surface area contributed by atoms with E-state index >= 15 is 0 Å². The molecule has 0 N–H and O–H groups in total. The SMILES string of the molecule is COC(=O)Cc1cccc2oc(-c3ccccc3)nc12. The third-order valence-electron chi connectivity index (χ3n) is 3.09. The summed E-state index contributed by atoms with van der Waals surface area (Å²) in [6, 6.07) is 15.2. The minimum atomic E-state index is -0.290. The van der Waals surface area contributed by atoms with Gasteiger partial charge in [-0.2, -0.15) is 0 Å². The van der Waals surface area contributed by atoms with Gasteiger partial charge in [0.1, 0.15) is 5.52 Å². The lowest BCUT2D eigenvalue weighted by Crippen LogP contribution is -2.04. The highest BCUT2D eigenvalue weighted by Gasteiger charge is 2.13. The number of methoxy groups -OCH3 is 1. The van der Waals surface area contributed by atoms with Crippen molar-refractivity contribution in [3.05, 3.63) is 54.1 Å². The molecule has 0 atom stereocenters. The lowest BCUT2D eigenvalue weighted by molar-refractivity contribution is -0.139. The Labute approximate surface area is 116 Å². The Morgan fingerprint density at radius 3 is 2.70 bits per heavy atom. The number of benzene rings is 2. The van der Waals surface area contributed by atoms with Gasteiger partial charge in [0.15, 0.2) is 5.58 Å². The molecule has 0 saturated heterocycles. The highest BCUT2D eigenvalue weighted by molar-refractivity contribution is 5.84. The maximum Gasteiger partial charge on any atom is 0.310 e. The van der Waals surface area contributed by atoms with E-state index in [0.29, 0.717) is 17.0 Å². The van der Waals surface area contributed by atoms with Gasteiger partial charge >= 0.3 is 5.97 Å². The van der Waals surface area contributed by atoms with Gasteiger partial charge in [-0.1, -0.05) is 30.3 Å². The molecular weight excluding hydrogens is 254 g/mol. The van der Waals surface area contributed by atoms with E-state index in [1.54, 1.807) is 0 Å². The number of para-hydroxylation sites is 1. The lowest BCUT2D eigenvalue weighted by atomic mass is 10.1. The van der Waals surface area contributed by atoms with Crippen molar-refractivity contribution in [3.8, 4) is 11.5 Å². The zero-order valence-corrected chi connectivity index (χ0v) is 11.0. The van der Waals surface area contributed by atoms with E-state index < -0.39 is 0 Å². The number of fused-ring (bicyclic) bond motifs is 1. The van der Waals surface area contributed by atoms with Gasteiger partial charge in [0.2, 0.25) is 5.89 Å². The monoisotopic (exact) mass is 267 g/mol. The zero-order valence-electron chi connectivity index (χ0n) is 11.0. The molecule has 1 heterocycles. The second kappa shape index (κ2) is 5.17. The van der Waals surface area contributed by atoms with E-state index in [2.05, 4.69) is 4.98 Å². The van der Waals surface area contributed by atoms with Crippen LogP contribution in [-0.4, -0.2) is 18.1 Å². The Balaban J connectivity index is 2.07. The van der Waals surface area contributed by atoms with E-state index in [1.165, 1.54) is 7.11 Å². The Bertz CT molecular complexity index is 747. The summed E-state index contributed by atoms with van der Waals surface area (Å²) in [7, 11) is 1.38. The fourth-order valence-electron chi connectivity index (χ4n) is 2.08. The summed E-state index contributed by atoms with van der Waals surface area (Å²) in [6.45, 7) is 0. The molecule has 0 saturated carbocycles. The Kier molecular flexibility index (Phi) is 3.21. The predicted octanol–water partition coefficient (Wildman–Crippen LogP) is 3.21. The van der Waals surface area contributed by atoms with E-state index in [-0.39, 0.29) is 12.4 Å². The molecule has 0 spiro atoms. The molecule has 3 aromatic rings. The molecular formula is C16H13NO3. The fourth-order valence-corrected chi connectivity index (χ4v) is 2.08. The molecule has 3 rings (SSSR count). The fraction of sp³-hybridized carbons (Fsp3) is 0.125. The molecule has 4 nitrogen and oxygen atoms in total. The van der Waals surface area contributed by atoms with Crippen molar-refractivity contribution in [1.82, 2.24) is 4.98 Å². The molecule has 4 heteroatoms. The van der Waals surface area contributed by atoms with Crippen LogP contribution in [0.2, 0.25) is 0 Å². The summed E-state index contributed by atoms with van der Waals surface area (Å²) in [5.41, 5.74) is 3.09. The number of rotatable bonds is 3. The van der Waals surface area contributed by atoms with Gasteiger partial charge in [-0.3, -0.25) is 4.79 Å². The first-order chi connectivity index (χ1) is 9.78. The topological polar surface area (TPSA) is 52.3 Å². The summed E-state index contributed by atoms with van der Waals surface area (Å²) in [4.78, 5) is 15.9. The van der Waals surface area contributed by atoms with Crippen LogP contribution in [0.25, 0.3) is 22.6 Å². The van der Waals surface area contributed by atoms with Crippen LogP contribution in [0.15, 0.2) is 52.9 Å². The molecule has 1 aromatic heterocycles. The number of carbonyl (C=O) groups is 1. The van der Waals surface area contributed by atoms with Gasteiger partial charge in [0, 0.05) is 5.56 Å². The van der Waals surface area contributed by atoms with Crippen molar-refractivity contribution in [2.24, 2.45) is 0 Å². The van der Waals surface area contributed by atoms with Crippen molar-refractivity contribution < 1.29 is 13.9 Å². The van der Waals surface area contributed by atoms with Gasteiger partial charge in [-0.25, -0.2) is 4.98 Å². The highest BCUT2D eigenvalue weighted by atomic mass is 16.5. The van der Waals surface area contributed by atoms with E-state index in [0.717, 1.165) is 11.1 Å². The van der Waals surface area contributed by atoms with Crippen LogP contribution in [0.4, 0.5) is 0 Å². The van der Waals surface area contributed by atoms with Crippen LogP contribution in [-0.2, 0) is 16.0 Å². The van der Waals surface area contributed by atoms with Crippen molar-refractivity contribution in [2.45, 2.75) is 6.42 Å². The Morgan fingerprint density at radius 2 is 1.95 bits per heavy atom. The van der Waals surface area contributed by atoms with Crippen molar-refractivity contribution in [1.29, 1.82) is 0 Å². The molecule has 100 valence electrons. The van der Waals surface area contributed by atoms with Crippen LogP contribution >= 0.6 is 0 Å². The molecule has 0 fully saturated rings. The summed E-state index contributed by atoms with van der Waals surface area (Å²) in [6.07, 6.45) is 0.189. The van der Waals surface area contributed by atoms with Crippen LogP contribution < -0.4 is 0 Å². The van der Waals surface area contributed by atoms with Gasteiger partial charge in [-0.15, -0.1) is 0 Å². The smallest absolute Gasteiger partial charge is 0.310 e. The van der Waals surface area contributed by atoms with Crippen LogP contribution in [0.3, 0.4) is 0 Å². The first-order valence-electron chi connectivity index (χ1n) is 6.28. The van der Waals surface area contributed by atoms with Crippen LogP contribution in [0.1, 0.15) is 5.56 Å². The van der Waals surface area contributed by atoms with E-state index in [4.69, 9.17) is 9.15 Å². The third kappa shape index (κ3) is 2.28. The second-order valence-electron chi connectivity index (χ2n) is 4.40. The Morgan fingerprint density at radius 1 is 1.15 bits per heavy atom. The maximum absolute atomic E-state index is 11.4. The highest BCUT2D eigenvalue weighted by Crippen LogP contribution is 2.26. The molecule has 0 aliphatic carbocycles. The minimum Gasteiger partial charge on any atom is -0.469 e.